The molecule has 0 saturated carbocycles. The first-order valence-electron chi connectivity index (χ1n) is 10.0. The van der Waals surface area contributed by atoms with Gasteiger partial charge in [0.1, 0.15) is 5.75 Å². The second kappa shape index (κ2) is 10.3. The maximum absolute atomic E-state index is 12.7. The molecule has 6 nitrogen and oxygen atoms in total. The van der Waals surface area contributed by atoms with Gasteiger partial charge in [0, 0.05) is 24.5 Å². The number of sulfonamides is 1. The van der Waals surface area contributed by atoms with Crippen molar-refractivity contribution in [3.05, 3.63) is 54.6 Å². The van der Waals surface area contributed by atoms with E-state index < -0.39 is 10.0 Å². The summed E-state index contributed by atoms with van der Waals surface area (Å²) in [5.41, 5.74) is 0. The highest BCUT2D eigenvalue weighted by Gasteiger charge is 2.29. The number of nitrogens with zero attached hydrogens (tertiary/aromatic N) is 1. The highest BCUT2D eigenvalue weighted by molar-refractivity contribution is 8.00. The highest BCUT2D eigenvalue weighted by Crippen LogP contribution is 2.26. The molecule has 2 aromatic carbocycles. The number of hydrogen-bond acceptors (Lipinski definition) is 5. The molecule has 1 atom stereocenters. The molecule has 30 heavy (non-hydrogen) atoms. The van der Waals surface area contributed by atoms with Gasteiger partial charge < -0.3 is 10.1 Å². The second-order valence-electron chi connectivity index (χ2n) is 7.34. The molecule has 1 amide bonds. The van der Waals surface area contributed by atoms with Crippen molar-refractivity contribution in [3.63, 3.8) is 0 Å². The first-order valence-corrected chi connectivity index (χ1v) is 12.4. The van der Waals surface area contributed by atoms with Crippen LogP contribution < -0.4 is 10.1 Å². The lowest BCUT2D eigenvalue weighted by atomic mass is 9.98. The molecule has 1 heterocycles. The quantitative estimate of drug-likeness (QED) is 0.627. The number of carbonyl (C=O) groups excluding carboxylic acids is 1. The predicted octanol–water partition coefficient (Wildman–Crippen LogP) is 3.39. The molecule has 3 rings (SSSR count). The summed E-state index contributed by atoms with van der Waals surface area (Å²) >= 11 is 1.50. The molecule has 1 unspecified atom stereocenters. The van der Waals surface area contributed by atoms with E-state index in [1.807, 2.05) is 37.3 Å². The van der Waals surface area contributed by atoms with Crippen molar-refractivity contribution in [3.8, 4) is 5.75 Å². The number of methoxy groups -OCH3 is 1. The average molecular weight is 449 g/mol. The van der Waals surface area contributed by atoms with E-state index in [-0.39, 0.29) is 17.1 Å². The maximum Gasteiger partial charge on any atom is 0.243 e. The van der Waals surface area contributed by atoms with Gasteiger partial charge in [-0.15, -0.1) is 11.8 Å². The number of nitrogens with one attached hydrogen (secondary N) is 1. The summed E-state index contributed by atoms with van der Waals surface area (Å²) in [5.74, 6) is 1.07. The molecule has 1 aliphatic rings. The minimum atomic E-state index is -3.44. The summed E-state index contributed by atoms with van der Waals surface area (Å²) in [7, 11) is -1.81. The number of benzene rings is 2. The Morgan fingerprint density at radius 2 is 1.77 bits per heavy atom. The molecule has 162 valence electrons. The highest BCUT2D eigenvalue weighted by atomic mass is 32.2. The first-order chi connectivity index (χ1) is 14.4. The Balaban J connectivity index is 1.44. The molecule has 1 aliphatic heterocycles. The van der Waals surface area contributed by atoms with Gasteiger partial charge in [0.2, 0.25) is 15.9 Å². The zero-order chi connectivity index (χ0) is 21.6. The van der Waals surface area contributed by atoms with Crippen molar-refractivity contribution in [1.82, 2.24) is 9.62 Å². The number of thioether (sulfide) groups is 1. The number of amides is 1. The molecule has 0 bridgehead atoms. The monoisotopic (exact) mass is 448 g/mol. The van der Waals surface area contributed by atoms with Crippen molar-refractivity contribution in [2.75, 3.05) is 26.7 Å². The van der Waals surface area contributed by atoms with Gasteiger partial charge in [-0.1, -0.05) is 18.2 Å². The van der Waals surface area contributed by atoms with E-state index in [0.29, 0.717) is 24.5 Å². The van der Waals surface area contributed by atoms with Crippen LogP contribution in [0.3, 0.4) is 0 Å². The van der Waals surface area contributed by atoms with Gasteiger partial charge in [-0.2, -0.15) is 4.31 Å². The van der Waals surface area contributed by atoms with E-state index in [2.05, 4.69) is 5.32 Å². The number of hydrogen-bond donors (Lipinski definition) is 1. The van der Waals surface area contributed by atoms with Crippen molar-refractivity contribution in [1.29, 1.82) is 0 Å². The summed E-state index contributed by atoms with van der Waals surface area (Å²) in [6.45, 7) is 3.42. The van der Waals surface area contributed by atoms with Crippen molar-refractivity contribution < 1.29 is 17.9 Å². The minimum Gasteiger partial charge on any atom is -0.497 e. The Labute approximate surface area is 183 Å². The van der Waals surface area contributed by atoms with Crippen LogP contribution in [0.2, 0.25) is 0 Å². The van der Waals surface area contributed by atoms with Gasteiger partial charge in [-0.3, -0.25) is 4.79 Å². The van der Waals surface area contributed by atoms with Crippen LogP contribution in [-0.4, -0.2) is 50.6 Å². The number of ether oxygens (including phenoxy) is 1. The zero-order valence-corrected chi connectivity index (χ0v) is 18.9. The number of carbonyl (C=O) groups is 1. The lowest BCUT2D eigenvalue weighted by Crippen LogP contribution is -2.42. The van der Waals surface area contributed by atoms with Crippen LogP contribution >= 0.6 is 11.8 Å². The molecule has 2 aromatic rings. The van der Waals surface area contributed by atoms with E-state index in [9.17, 15) is 13.2 Å². The van der Waals surface area contributed by atoms with Crippen LogP contribution in [0, 0.1) is 5.92 Å². The van der Waals surface area contributed by atoms with Crippen LogP contribution in [0.4, 0.5) is 0 Å². The molecule has 0 aliphatic carbocycles. The van der Waals surface area contributed by atoms with Crippen LogP contribution in [-0.2, 0) is 14.8 Å². The summed E-state index contributed by atoms with van der Waals surface area (Å²) in [4.78, 5) is 13.8. The third-order valence-corrected chi connectivity index (χ3v) is 8.29. The van der Waals surface area contributed by atoms with Crippen LogP contribution in [0.1, 0.15) is 19.8 Å². The fourth-order valence-corrected chi connectivity index (χ4v) is 5.78. The summed E-state index contributed by atoms with van der Waals surface area (Å²) in [5, 5.41) is 2.82. The van der Waals surface area contributed by atoms with Gasteiger partial charge in [0.25, 0.3) is 0 Å². The Bertz CT molecular complexity index is 925. The zero-order valence-electron chi connectivity index (χ0n) is 17.3. The summed E-state index contributed by atoms with van der Waals surface area (Å²) in [6, 6.07) is 16.2. The Kier molecular flexibility index (Phi) is 7.80. The van der Waals surface area contributed by atoms with Gasteiger partial charge >= 0.3 is 0 Å². The second-order valence-corrected chi connectivity index (χ2v) is 10.7. The maximum atomic E-state index is 12.7. The predicted molar refractivity (Wildman–Crippen MR) is 119 cm³/mol. The topological polar surface area (TPSA) is 75.7 Å². The molecule has 0 aromatic heterocycles. The van der Waals surface area contributed by atoms with E-state index in [1.165, 1.54) is 11.8 Å². The summed E-state index contributed by atoms with van der Waals surface area (Å²) < 4.78 is 32.1. The average Bonchev–Trinajstić information content (AvgIpc) is 2.78. The Hall–Kier alpha value is -2.03. The van der Waals surface area contributed by atoms with Gasteiger partial charge in [-0.25, -0.2) is 8.42 Å². The van der Waals surface area contributed by atoms with Crippen molar-refractivity contribution in [2.45, 2.75) is 34.8 Å². The SMILES string of the molecule is COc1ccc(SC(C)C(=O)NCC2CCN(S(=O)(=O)c3ccccc3)CC2)cc1. The molecule has 1 N–H and O–H groups in total. The van der Waals surface area contributed by atoms with Crippen LogP contribution in [0.25, 0.3) is 0 Å². The van der Waals surface area contributed by atoms with E-state index in [1.54, 1.807) is 35.7 Å². The Morgan fingerprint density at radius 1 is 1.13 bits per heavy atom. The largest absolute Gasteiger partial charge is 0.497 e. The standard InChI is InChI=1S/C22H28N2O4S2/c1-17(29-20-10-8-19(28-2)9-11-20)22(25)23-16-18-12-14-24(15-13-18)30(26,27)21-6-4-3-5-7-21/h3-11,17-18H,12-16H2,1-2H3,(H,23,25). The molecule has 1 fully saturated rings. The van der Waals surface area contributed by atoms with E-state index in [4.69, 9.17) is 4.74 Å². The number of rotatable bonds is 8. The molecule has 8 heteroatoms. The molecule has 1 saturated heterocycles. The van der Waals surface area contributed by atoms with E-state index in [0.717, 1.165) is 23.5 Å². The Morgan fingerprint density at radius 3 is 2.37 bits per heavy atom. The molecular weight excluding hydrogens is 420 g/mol. The number of piperidine rings is 1. The fraction of sp³-hybridized carbons (Fsp3) is 0.409. The molecular formula is C22H28N2O4S2. The van der Waals surface area contributed by atoms with Gasteiger partial charge in [0.15, 0.2) is 0 Å². The fourth-order valence-electron chi connectivity index (χ4n) is 3.40. The minimum absolute atomic E-state index is 0.00449. The lowest BCUT2D eigenvalue weighted by Gasteiger charge is -2.31. The third kappa shape index (κ3) is 5.77. The van der Waals surface area contributed by atoms with E-state index >= 15 is 0 Å². The van der Waals surface area contributed by atoms with Crippen LogP contribution in [0.5, 0.6) is 5.75 Å². The summed E-state index contributed by atoms with van der Waals surface area (Å²) in [6.07, 6.45) is 1.48. The molecule has 0 radical (unpaired) electrons. The van der Waals surface area contributed by atoms with Crippen molar-refractivity contribution >= 4 is 27.7 Å². The molecule has 0 spiro atoms. The first kappa shape index (κ1) is 22.7. The van der Waals surface area contributed by atoms with Gasteiger partial charge in [0.05, 0.1) is 17.3 Å². The van der Waals surface area contributed by atoms with Crippen molar-refractivity contribution in [2.24, 2.45) is 5.92 Å². The normalized spacial score (nSPS) is 16.7. The smallest absolute Gasteiger partial charge is 0.243 e. The lowest BCUT2D eigenvalue weighted by molar-refractivity contribution is -0.120. The third-order valence-electron chi connectivity index (χ3n) is 5.26. The van der Waals surface area contributed by atoms with Crippen LogP contribution in [0.15, 0.2) is 64.4 Å². The van der Waals surface area contributed by atoms with Gasteiger partial charge in [-0.05, 0) is 62.1 Å².